The molecular weight excluding hydrogens is 336 g/mol. The second kappa shape index (κ2) is 6.89. The largest absolute Gasteiger partial charge is 0.481 e. The second-order valence-electron chi connectivity index (χ2n) is 7.20. The Morgan fingerprint density at radius 3 is 2.17 bits per heavy atom. The van der Waals surface area contributed by atoms with Crippen LogP contribution in [0.1, 0.15) is 41.0 Å². The zero-order valence-corrected chi connectivity index (χ0v) is 15.4. The summed E-state index contributed by atoms with van der Waals surface area (Å²) in [6, 6.07) is -1.29. The molecule has 1 aliphatic heterocycles. The summed E-state index contributed by atoms with van der Waals surface area (Å²) >= 11 is 1.66. The van der Waals surface area contributed by atoms with Gasteiger partial charge in [-0.25, -0.2) is 4.79 Å². The number of aliphatic hydroxyl groups is 1. The van der Waals surface area contributed by atoms with Crippen LogP contribution in [0, 0.1) is 5.92 Å². The maximum absolute atomic E-state index is 12.5. The zero-order chi connectivity index (χ0) is 18.9. The molecule has 9 heteroatoms. The number of thioether (sulfide) groups is 1. The Labute approximate surface area is 145 Å². The van der Waals surface area contributed by atoms with Gasteiger partial charge in [0.25, 0.3) is 0 Å². The minimum absolute atomic E-state index is 0.317. The summed E-state index contributed by atoms with van der Waals surface area (Å²) < 4.78 is 4.07. The van der Waals surface area contributed by atoms with Gasteiger partial charge in [-0.05, 0) is 6.92 Å². The Hall–Kier alpha value is -1.32. The topological polar surface area (TPSA) is 139 Å². The van der Waals surface area contributed by atoms with Gasteiger partial charge in [0.2, 0.25) is 5.91 Å². The highest BCUT2D eigenvalue weighted by atomic mass is 32.2. The third-order valence-electron chi connectivity index (χ3n) is 4.23. The first-order chi connectivity index (χ1) is 10.8. The third kappa shape index (κ3) is 4.01. The van der Waals surface area contributed by atoms with Gasteiger partial charge in [-0.1, -0.05) is 27.7 Å². The van der Waals surface area contributed by atoms with Gasteiger partial charge in [0.1, 0.15) is 5.54 Å². The van der Waals surface area contributed by atoms with Gasteiger partial charge in [-0.3, -0.25) is 9.59 Å². The minimum Gasteiger partial charge on any atom is -0.481 e. The first-order valence-electron chi connectivity index (χ1n) is 7.55. The van der Waals surface area contributed by atoms with Gasteiger partial charge >= 0.3 is 11.9 Å². The van der Waals surface area contributed by atoms with E-state index in [4.69, 9.17) is 20.7 Å². The van der Waals surface area contributed by atoms with Crippen molar-refractivity contribution in [2.75, 3.05) is 6.79 Å². The standard InChI is InChI=1S/C15H26N2O6S/c1-13(2)11(14(3,4)24-13)15(5,12(22)23-7-18)17-10(21)8(16)6-9(19)20/h8,11,18H,6-7,16H2,1-5H3,(H,17,21)(H,19,20)/t8-,15?/m0/s1. The van der Waals surface area contributed by atoms with E-state index in [9.17, 15) is 14.4 Å². The fraction of sp³-hybridized carbons (Fsp3) is 0.800. The Bertz CT molecular complexity index is 522. The summed E-state index contributed by atoms with van der Waals surface area (Å²) in [5.41, 5.74) is 4.14. The lowest BCUT2D eigenvalue weighted by Crippen LogP contribution is -2.73. The molecular formula is C15H26N2O6S. The Kier molecular flexibility index (Phi) is 5.95. The average molecular weight is 362 g/mol. The van der Waals surface area contributed by atoms with Crippen LogP contribution < -0.4 is 11.1 Å². The predicted molar refractivity (Wildman–Crippen MR) is 89.2 cm³/mol. The van der Waals surface area contributed by atoms with E-state index in [-0.39, 0.29) is 15.4 Å². The summed E-state index contributed by atoms with van der Waals surface area (Å²) in [6.45, 7) is 8.49. The molecule has 0 aliphatic carbocycles. The molecule has 0 aromatic heterocycles. The summed E-state index contributed by atoms with van der Waals surface area (Å²) in [4.78, 5) is 35.5. The number of amides is 1. The van der Waals surface area contributed by atoms with E-state index in [1.54, 1.807) is 11.8 Å². The molecule has 0 saturated carbocycles. The van der Waals surface area contributed by atoms with Gasteiger partial charge in [-0.15, -0.1) is 11.8 Å². The average Bonchev–Trinajstić information content (AvgIpc) is 2.34. The maximum Gasteiger partial charge on any atom is 0.334 e. The molecule has 0 bridgehead atoms. The number of hydrogen-bond donors (Lipinski definition) is 4. The lowest BCUT2D eigenvalue weighted by atomic mass is 9.69. The molecule has 0 spiro atoms. The molecule has 0 radical (unpaired) electrons. The van der Waals surface area contributed by atoms with Crippen molar-refractivity contribution in [1.29, 1.82) is 0 Å². The van der Waals surface area contributed by atoms with Crippen LogP contribution in [0.5, 0.6) is 0 Å². The number of nitrogens with one attached hydrogen (secondary N) is 1. The molecule has 1 fully saturated rings. The zero-order valence-electron chi connectivity index (χ0n) is 14.6. The molecule has 0 aromatic carbocycles. The van der Waals surface area contributed by atoms with Crippen molar-refractivity contribution in [3.8, 4) is 0 Å². The van der Waals surface area contributed by atoms with Crippen molar-refractivity contribution < 1.29 is 29.3 Å². The first kappa shape index (κ1) is 20.7. The molecule has 1 unspecified atom stereocenters. The van der Waals surface area contributed by atoms with Crippen molar-refractivity contribution in [2.45, 2.75) is 62.1 Å². The molecule has 8 nitrogen and oxygen atoms in total. The van der Waals surface area contributed by atoms with E-state index >= 15 is 0 Å². The molecule has 1 heterocycles. The third-order valence-corrected chi connectivity index (χ3v) is 5.75. The van der Waals surface area contributed by atoms with Crippen LogP contribution in [0.4, 0.5) is 0 Å². The Balaban J connectivity index is 3.14. The summed E-state index contributed by atoms with van der Waals surface area (Å²) in [5.74, 6) is -3.06. The predicted octanol–water partition coefficient (Wildman–Crippen LogP) is 0.0765. The normalized spacial score (nSPS) is 22.6. The molecule has 1 aliphatic rings. The first-order valence-corrected chi connectivity index (χ1v) is 8.37. The van der Waals surface area contributed by atoms with E-state index < -0.39 is 42.6 Å². The lowest BCUT2D eigenvalue weighted by molar-refractivity contribution is -0.165. The number of aliphatic hydroxyl groups excluding tert-OH is 1. The SMILES string of the molecule is CC1(C)SC(C)(C)C1C(C)(NC(=O)[C@@H](N)CC(=O)O)C(=O)OCO. The van der Waals surface area contributed by atoms with E-state index in [1.165, 1.54) is 6.92 Å². The van der Waals surface area contributed by atoms with E-state index in [1.807, 2.05) is 27.7 Å². The highest BCUT2D eigenvalue weighted by Crippen LogP contribution is 2.62. The van der Waals surface area contributed by atoms with Gasteiger partial charge in [-0.2, -0.15) is 0 Å². The molecule has 2 atom stereocenters. The molecule has 0 aromatic rings. The lowest BCUT2D eigenvalue weighted by Gasteiger charge is -2.62. The van der Waals surface area contributed by atoms with Crippen LogP contribution in [0.2, 0.25) is 0 Å². The number of esters is 1. The van der Waals surface area contributed by atoms with Crippen LogP contribution in [-0.2, 0) is 19.1 Å². The number of rotatable bonds is 7. The van der Waals surface area contributed by atoms with E-state index in [0.29, 0.717) is 0 Å². The summed E-state index contributed by atoms with van der Waals surface area (Å²) in [6.07, 6.45) is -0.552. The second-order valence-corrected chi connectivity index (χ2v) is 9.51. The minimum atomic E-state index is -1.45. The quantitative estimate of drug-likeness (QED) is 0.369. The molecule has 5 N–H and O–H groups in total. The summed E-state index contributed by atoms with van der Waals surface area (Å²) in [5, 5.41) is 20.3. The summed E-state index contributed by atoms with van der Waals surface area (Å²) in [7, 11) is 0. The Morgan fingerprint density at radius 2 is 1.79 bits per heavy atom. The van der Waals surface area contributed by atoms with E-state index in [0.717, 1.165) is 0 Å². The molecule has 138 valence electrons. The van der Waals surface area contributed by atoms with Crippen LogP contribution in [0.3, 0.4) is 0 Å². The maximum atomic E-state index is 12.5. The number of hydrogen-bond acceptors (Lipinski definition) is 7. The number of carbonyl (C=O) groups excluding carboxylic acids is 2. The van der Waals surface area contributed by atoms with Crippen LogP contribution in [0.15, 0.2) is 0 Å². The monoisotopic (exact) mass is 362 g/mol. The van der Waals surface area contributed by atoms with Crippen molar-refractivity contribution in [1.82, 2.24) is 5.32 Å². The number of carboxylic acids is 1. The number of ether oxygens (including phenoxy) is 1. The fourth-order valence-corrected chi connectivity index (χ4v) is 6.51. The highest BCUT2D eigenvalue weighted by molar-refractivity contribution is 8.03. The molecule has 1 saturated heterocycles. The highest BCUT2D eigenvalue weighted by Gasteiger charge is 2.65. The molecule has 24 heavy (non-hydrogen) atoms. The fourth-order valence-electron chi connectivity index (χ4n) is 4.04. The van der Waals surface area contributed by atoms with E-state index in [2.05, 4.69) is 5.32 Å². The van der Waals surface area contributed by atoms with Crippen molar-refractivity contribution in [2.24, 2.45) is 11.7 Å². The number of aliphatic carboxylic acids is 1. The number of nitrogens with two attached hydrogens (primary N) is 1. The van der Waals surface area contributed by atoms with Crippen molar-refractivity contribution >= 4 is 29.6 Å². The molecule has 1 amide bonds. The van der Waals surface area contributed by atoms with Crippen molar-refractivity contribution in [3.05, 3.63) is 0 Å². The number of carbonyl (C=O) groups is 3. The smallest absolute Gasteiger partial charge is 0.334 e. The van der Waals surface area contributed by atoms with Crippen LogP contribution in [0.25, 0.3) is 0 Å². The molecule has 1 rings (SSSR count). The van der Waals surface area contributed by atoms with Gasteiger partial charge in [0.15, 0.2) is 6.79 Å². The van der Waals surface area contributed by atoms with Gasteiger partial charge in [0.05, 0.1) is 12.5 Å². The van der Waals surface area contributed by atoms with Gasteiger partial charge in [0, 0.05) is 15.4 Å². The van der Waals surface area contributed by atoms with Crippen molar-refractivity contribution in [3.63, 3.8) is 0 Å². The van der Waals surface area contributed by atoms with Crippen LogP contribution in [-0.4, -0.2) is 55.9 Å². The van der Waals surface area contributed by atoms with Crippen LogP contribution >= 0.6 is 11.8 Å². The Morgan fingerprint density at radius 1 is 1.29 bits per heavy atom. The number of carboxylic acid groups (broad SMARTS) is 1. The van der Waals surface area contributed by atoms with Gasteiger partial charge < -0.3 is 26.0 Å².